The largest absolute Gasteiger partial charge is 0.494 e. The van der Waals surface area contributed by atoms with E-state index in [-0.39, 0.29) is 11.1 Å². The van der Waals surface area contributed by atoms with Crippen molar-refractivity contribution in [3.63, 3.8) is 0 Å². The van der Waals surface area contributed by atoms with Gasteiger partial charge in [0.25, 0.3) is 5.24 Å². The Morgan fingerprint density at radius 2 is 1.82 bits per heavy atom. The number of carbonyl (C=O) groups is 2. The van der Waals surface area contributed by atoms with Crippen LogP contribution in [-0.4, -0.2) is 24.4 Å². The van der Waals surface area contributed by atoms with Crippen LogP contribution in [0.15, 0.2) is 18.2 Å². The number of carbonyl (C=O) groups excluding carboxylic acids is 2. The molecule has 22 heavy (non-hydrogen) atoms. The van der Waals surface area contributed by atoms with Crippen molar-refractivity contribution in [3.05, 3.63) is 23.8 Å². The van der Waals surface area contributed by atoms with E-state index in [2.05, 4.69) is 12.2 Å². The molecule has 2 rings (SSSR count). The van der Waals surface area contributed by atoms with Crippen LogP contribution in [0.25, 0.3) is 0 Å². The van der Waals surface area contributed by atoms with Gasteiger partial charge in [0.05, 0.1) is 13.2 Å². The zero-order chi connectivity index (χ0) is 15.9. The van der Waals surface area contributed by atoms with Gasteiger partial charge in [-0.2, -0.15) is 0 Å². The molecule has 5 nitrogen and oxygen atoms in total. The molecule has 1 saturated heterocycles. The maximum atomic E-state index is 11.8. The highest BCUT2D eigenvalue weighted by atomic mass is 32.2. The predicted molar refractivity (Wildman–Crippen MR) is 86.5 cm³/mol. The summed E-state index contributed by atoms with van der Waals surface area (Å²) in [5, 5.41) is 1.45. The third kappa shape index (κ3) is 4.40. The van der Waals surface area contributed by atoms with Gasteiger partial charge in [0, 0.05) is 6.07 Å². The molecule has 0 radical (unpaired) electrons. The van der Waals surface area contributed by atoms with Gasteiger partial charge in [0.15, 0.2) is 0 Å². The van der Waals surface area contributed by atoms with Crippen molar-refractivity contribution in [1.82, 2.24) is 5.32 Å². The molecular formula is C16H21NO4S. The van der Waals surface area contributed by atoms with Crippen molar-refractivity contribution >= 4 is 22.9 Å². The Labute approximate surface area is 134 Å². The molecule has 6 heteroatoms. The van der Waals surface area contributed by atoms with E-state index in [1.165, 1.54) is 0 Å². The summed E-state index contributed by atoms with van der Waals surface area (Å²) >= 11 is 0.984. The molecule has 1 aromatic rings. The van der Waals surface area contributed by atoms with Crippen LogP contribution in [0.1, 0.15) is 43.9 Å². The van der Waals surface area contributed by atoms with Crippen molar-refractivity contribution in [1.29, 1.82) is 0 Å². The quantitative estimate of drug-likeness (QED) is 0.739. The lowest BCUT2D eigenvalue weighted by atomic mass is 10.1. The third-order valence-electron chi connectivity index (χ3n) is 3.22. The van der Waals surface area contributed by atoms with E-state index in [0.29, 0.717) is 24.7 Å². The standard InChI is InChI=1S/C16H21NO4S/c1-3-5-6-7-21-13-9-11(8-12(10-13)20-4-2)14-15(18)17-16(19)22-14/h8-10,14H,3-7H2,1-2H3,(H,17,18,19). The Kier molecular flexibility index (Phi) is 6.12. The summed E-state index contributed by atoms with van der Waals surface area (Å²) in [6.07, 6.45) is 3.24. The lowest BCUT2D eigenvalue weighted by molar-refractivity contribution is -0.119. The highest BCUT2D eigenvalue weighted by Gasteiger charge is 2.33. The number of imide groups is 1. The summed E-state index contributed by atoms with van der Waals surface area (Å²) in [6.45, 7) is 5.20. The van der Waals surface area contributed by atoms with Gasteiger partial charge in [0.2, 0.25) is 5.91 Å². The lowest BCUT2D eigenvalue weighted by Gasteiger charge is -2.13. The molecule has 1 heterocycles. The molecule has 1 atom stereocenters. The van der Waals surface area contributed by atoms with Crippen molar-refractivity contribution in [2.24, 2.45) is 0 Å². The summed E-state index contributed by atoms with van der Waals surface area (Å²) in [5.74, 6) is 1.03. The van der Waals surface area contributed by atoms with E-state index in [9.17, 15) is 9.59 Å². The van der Waals surface area contributed by atoms with E-state index in [0.717, 1.165) is 36.6 Å². The molecule has 120 valence electrons. The molecule has 1 aliphatic rings. The molecule has 1 aromatic carbocycles. The van der Waals surface area contributed by atoms with E-state index in [4.69, 9.17) is 9.47 Å². The second-order valence-electron chi connectivity index (χ2n) is 5.00. The highest BCUT2D eigenvalue weighted by molar-refractivity contribution is 8.15. The van der Waals surface area contributed by atoms with Gasteiger partial charge >= 0.3 is 0 Å². The number of hydrogen-bond donors (Lipinski definition) is 1. The SMILES string of the molecule is CCCCCOc1cc(OCC)cc(C2SC(=O)NC2=O)c1. The second kappa shape index (κ2) is 8.08. The maximum absolute atomic E-state index is 11.8. The smallest absolute Gasteiger partial charge is 0.286 e. The fraction of sp³-hybridized carbons (Fsp3) is 0.500. The number of amides is 2. The van der Waals surface area contributed by atoms with Crippen molar-refractivity contribution < 1.29 is 19.1 Å². The van der Waals surface area contributed by atoms with E-state index >= 15 is 0 Å². The van der Waals surface area contributed by atoms with Crippen LogP contribution in [0.4, 0.5) is 4.79 Å². The van der Waals surface area contributed by atoms with Gasteiger partial charge in [-0.15, -0.1) is 0 Å². The number of benzene rings is 1. The maximum Gasteiger partial charge on any atom is 0.286 e. The van der Waals surface area contributed by atoms with Crippen molar-refractivity contribution in [2.45, 2.75) is 38.4 Å². The molecule has 0 bridgehead atoms. The molecular weight excluding hydrogens is 302 g/mol. The Balaban J connectivity index is 2.15. The molecule has 1 unspecified atom stereocenters. The first-order valence-corrected chi connectivity index (χ1v) is 8.44. The average Bonchev–Trinajstić information content (AvgIpc) is 2.83. The number of rotatable bonds is 8. The summed E-state index contributed by atoms with van der Waals surface area (Å²) in [5.41, 5.74) is 0.727. The molecule has 1 aliphatic heterocycles. The Bertz CT molecular complexity index is 547. The van der Waals surface area contributed by atoms with Crippen molar-refractivity contribution in [3.8, 4) is 11.5 Å². The minimum atomic E-state index is -0.536. The topological polar surface area (TPSA) is 64.6 Å². The van der Waals surface area contributed by atoms with E-state index < -0.39 is 5.25 Å². The summed E-state index contributed by atoms with van der Waals surface area (Å²) < 4.78 is 11.3. The average molecular weight is 323 g/mol. The van der Waals surface area contributed by atoms with Gasteiger partial charge in [-0.1, -0.05) is 19.8 Å². The number of thioether (sulfide) groups is 1. The number of unbranched alkanes of at least 4 members (excludes halogenated alkanes) is 2. The molecule has 2 amide bonds. The van der Waals surface area contributed by atoms with Crippen LogP contribution in [0.3, 0.4) is 0 Å². The minimum Gasteiger partial charge on any atom is -0.494 e. The number of nitrogens with one attached hydrogen (secondary N) is 1. The summed E-state index contributed by atoms with van der Waals surface area (Å²) in [6, 6.07) is 5.42. The van der Waals surface area contributed by atoms with Gasteiger partial charge in [0.1, 0.15) is 16.7 Å². The molecule has 0 saturated carbocycles. The summed E-state index contributed by atoms with van der Waals surface area (Å²) in [4.78, 5) is 23.2. The van der Waals surface area contributed by atoms with Crippen LogP contribution < -0.4 is 14.8 Å². The van der Waals surface area contributed by atoms with E-state index in [1.54, 1.807) is 6.07 Å². The first-order chi connectivity index (χ1) is 10.6. The second-order valence-corrected chi connectivity index (χ2v) is 6.08. The third-order valence-corrected chi connectivity index (χ3v) is 4.26. The number of hydrogen-bond acceptors (Lipinski definition) is 5. The van der Waals surface area contributed by atoms with Crippen LogP contribution in [0.2, 0.25) is 0 Å². The molecule has 0 aliphatic carbocycles. The highest BCUT2D eigenvalue weighted by Crippen LogP contribution is 2.37. The molecule has 1 fully saturated rings. The molecule has 0 aromatic heterocycles. The lowest BCUT2D eigenvalue weighted by Crippen LogP contribution is -2.20. The Morgan fingerprint density at radius 1 is 1.09 bits per heavy atom. The zero-order valence-corrected chi connectivity index (χ0v) is 13.7. The number of ether oxygens (including phenoxy) is 2. The zero-order valence-electron chi connectivity index (χ0n) is 12.9. The van der Waals surface area contributed by atoms with Crippen LogP contribution in [0.5, 0.6) is 11.5 Å². The Hall–Kier alpha value is -1.69. The monoisotopic (exact) mass is 323 g/mol. The van der Waals surface area contributed by atoms with E-state index in [1.807, 2.05) is 19.1 Å². The summed E-state index contributed by atoms with van der Waals surface area (Å²) in [7, 11) is 0. The fourth-order valence-electron chi connectivity index (χ4n) is 2.20. The van der Waals surface area contributed by atoms with Crippen LogP contribution in [-0.2, 0) is 4.79 Å². The molecule has 1 N–H and O–H groups in total. The van der Waals surface area contributed by atoms with Crippen LogP contribution in [0, 0.1) is 0 Å². The van der Waals surface area contributed by atoms with Gasteiger partial charge < -0.3 is 9.47 Å². The molecule has 0 spiro atoms. The van der Waals surface area contributed by atoms with Gasteiger partial charge in [-0.25, -0.2) is 0 Å². The van der Waals surface area contributed by atoms with Gasteiger partial charge in [-0.05, 0) is 42.8 Å². The fourth-order valence-corrected chi connectivity index (χ4v) is 3.01. The minimum absolute atomic E-state index is 0.291. The Morgan fingerprint density at radius 3 is 2.41 bits per heavy atom. The van der Waals surface area contributed by atoms with Gasteiger partial charge in [-0.3, -0.25) is 14.9 Å². The normalized spacial score (nSPS) is 17.5. The predicted octanol–water partition coefficient (Wildman–Crippen LogP) is 3.68. The first kappa shape index (κ1) is 16.7. The van der Waals surface area contributed by atoms with Crippen molar-refractivity contribution in [2.75, 3.05) is 13.2 Å². The first-order valence-electron chi connectivity index (χ1n) is 7.56. The van der Waals surface area contributed by atoms with Crippen LogP contribution >= 0.6 is 11.8 Å².